The highest BCUT2D eigenvalue weighted by molar-refractivity contribution is 5.07. The lowest BCUT2D eigenvalue weighted by Crippen LogP contribution is -2.44. The van der Waals surface area contributed by atoms with Gasteiger partial charge in [0.2, 0.25) is 0 Å². The third-order valence-corrected chi connectivity index (χ3v) is 5.06. The Balaban J connectivity index is 3.11. The minimum atomic E-state index is 0.0376. The van der Waals surface area contributed by atoms with Crippen molar-refractivity contribution in [2.45, 2.75) is 66.6 Å². The smallest absolute Gasteiger partial charge is 0.0712 e. The standard InChI is InChI=1S/C12H24O/c1-8-12(7)11(5,6)10(3,4)9(2)13-12/h9H,8H2,1-7H3. The van der Waals surface area contributed by atoms with Crippen LogP contribution in [0.5, 0.6) is 0 Å². The summed E-state index contributed by atoms with van der Waals surface area (Å²) in [6.45, 7) is 16.0. The first-order valence-electron chi connectivity index (χ1n) is 5.37. The van der Waals surface area contributed by atoms with Gasteiger partial charge in [-0.1, -0.05) is 34.6 Å². The van der Waals surface area contributed by atoms with Crippen molar-refractivity contribution < 1.29 is 4.74 Å². The van der Waals surface area contributed by atoms with Gasteiger partial charge in [0.05, 0.1) is 11.7 Å². The lowest BCUT2D eigenvalue weighted by molar-refractivity contribution is -0.0629. The maximum absolute atomic E-state index is 6.13. The second kappa shape index (κ2) is 2.73. The number of hydrogen-bond acceptors (Lipinski definition) is 1. The van der Waals surface area contributed by atoms with Crippen molar-refractivity contribution >= 4 is 0 Å². The molecule has 0 aromatic rings. The van der Waals surface area contributed by atoms with Gasteiger partial charge in [-0.05, 0) is 25.7 Å². The zero-order valence-electron chi connectivity index (χ0n) is 10.2. The van der Waals surface area contributed by atoms with E-state index in [-0.39, 0.29) is 16.4 Å². The third-order valence-electron chi connectivity index (χ3n) is 5.06. The van der Waals surface area contributed by atoms with Crippen LogP contribution in [0, 0.1) is 10.8 Å². The molecule has 0 bridgehead atoms. The predicted octanol–water partition coefficient (Wildman–Crippen LogP) is 3.63. The summed E-state index contributed by atoms with van der Waals surface area (Å²) in [5, 5.41) is 0. The number of hydrogen-bond donors (Lipinski definition) is 0. The van der Waals surface area contributed by atoms with Crippen LogP contribution in [-0.2, 0) is 4.74 Å². The average Bonchev–Trinajstić information content (AvgIpc) is 2.12. The summed E-state index contributed by atoms with van der Waals surface area (Å²) in [7, 11) is 0. The van der Waals surface area contributed by atoms with Crippen LogP contribution in [0.3, 0.4) is 0 Å². The van der Waals surface area contributed by atoms with E-state index >= 15 is 0 Å². The monoisotopic (exact) mass is 184 g/mol. The Hall–Kier alpha value is -0.0400. The molecule has 2 unspecified atom stereocenters. The minimum Gasteiger partial charge on any atom is -0.371 e. The third kappa shape index (κ3) is 1.16. The van der Waals surface area contributed by atoms with Gasteiger partial charge in [0, 0.05) is 5.41 Å². The van der Waals surface area contributed by atoms with Gasteiger partial charge >= 0.3 is 0 Å². The van der Waals surface area contributed by atoms with Gasteiger partial charge in [0.15, 0.2) is 0 Å². The van der Waals surface area contributed by atoms with Crippen LogP contribution in [0.2, 0.25) is 0 Å². The summed E-state index contributed by atoms with van der Waals surface area (Å²) in [5.74, 6) is 0. The second-order valence-electron chi connectivity index (χ2n) is 5.69. The molecule has 0 aromatic heterocycles. The molecule has 1 heterocycles. The molecular weight excluding hydrogens is 160 g/mol. The van der Waals surface area contributed by atoms with Crippen LogP contribution in [0.4, 0.5) is 0 Å². The van der Waals surface area contributed by atoms with Gasteiger partial charge in [-0.2, -0.15) is 0 Å². The van der Waals surface area contributed by atoms with E-state index in [0.717, 1.165) is 6.42 Å². The second-order valence-corrected chi connectivity index (χ2v) is 5.69. The Morgan fingerprint density at radius 3 is 1.69 bits per heavy atom. The van der Waals surface area contributed by atoms with Crippen molar-refractivity contribution in [1.29, 1.82) is 0 Å². The SMILES string of the molecule is CCC1(C)OC(C)C(C)(C)C1(C)C. The van der Waals surface area contributed by atoms with Crippen molar-refractivity contribution in [2.24, 2.45) is 10.8 Å². The summed E-state index contributed by atoms with van der Waals surface area (Å²) in [6, 6.07) is 0. The molecule has 1 aliphatic rings. The van der Waals surface area contributed by atoms with E-state index in [1.807, 2.05) is 0 Å². The normalized spacial score (nSPS) is 42.2. The average molecular weight is 184 g/mol. The first kappa shape index (κ1) is 11.0. The first-order valence-corrected chi connectivity index (χ1v) is 5.37. The fraction of sp³-hybridized carbons (Fsp3) is 1.00. The topological polar surface area (TPSA) is 9.23 Å². The van der Waals surface area contributed by atoms with Crippen molar-refractivity contribution in [2.75, 3.05) is 0 Å². The number of ether oxygens (including phenoxy) is 1. The zero-order chi connectivity index (χ0) is 10.5. The maximum atomic E-state index is 6.13. The fourth-order valence-corrected chi connectivity index (χ4v) is 2.40. The Morgan fingerprint density at radius 2 is 1.54 bits per heavy atom. The van der Waals surface area contributed by atoms with E-state index < -0.39 is 0 Å². The van der Waals surface area contributed by atoms with E-state index in [1.165, 1.54) is 0 Å². The van der Waals surface area contributed by atoms with Crippen LogP contribution in [0.25, 0.3) is 0 Å². The largest absolute Gasteiger partial charge is 0.371 e. The molecule has 78 valence electrons. The molecule has 0 saturated carbocycles. The molecule has 0 amide bonds. The summed E-state index contributed by atoms with van der Waals surface area (Å²) >= 11 is 0. The van der Waals surface area contributed by atoms with E-state index in [1.54, 1.807) is 0 Å². The van der Waals surface area contributed by atoms with Crippen LogP contribution in [0.1, 0.15) is 54.9 Å². The van der Waals surface area contributed by atoms with Crippen LogP contribution in [0.15, 0.2) is 0 Å². The van der Waals surface area contributed by atoms with Crippen LogP contribution < -0.4 is 0 Å². The number of rotatable bonds is 1. The van der Waals surface area contributed by atoms with E-state index in [4.69, 9.17) is 4.74 Å². The highest BCUT2D eigenvalue weighted by Gasteiger charge is 2.59. The Morgan fingerprint density at radius 1 is 1.08 bits per heavy atom. The van der Waals surface area contributed by atoms with Crippen molar-refractivity contribution in [1.82, 2.24) is 0 Å². The highest BCUT2D eigenvalue weighted by atomic mass is 16.5. The molecule has 0 radical (unpaired) electrons. The van der Waals surface area contributed by atoms with Crippen molar-refractivity contribution in [3.63, 3.8) is 0 Å². The van der Waals surface area contributed by atoms with Gasteiger partial charge in [0.25, 0.3) is 0 Å². The van der Waals surface area contributed by atoms with Crippen molar-refractivity contribution in [3.8, 4) is 0 Å². The molecule has 0 aromatic carbocycles. The van der Waals surface area contributed by atoms with Gasteiger partial charge < -0.3 is 4.74 Å². The van der Waals surface area contributed by atoms with Crippen molar-refractivity contribution in [3.05, 3.63) is 0 Å². The molecule has 1 aliphatic heterocycles. The molecular formula is C12H24O. The summed E-state index contributed by atoms with van der Waals surface area (Å²) in [5.41, 5.74) is 0.543. The minimum absolute atomic E-state index is 0.0376. The molecule has 1 fully saturated rings. The van der Waals surface area contributed by atoms with Gasteiger partial charge in [-0.15, -0.1) is 0 Å². The molecule has 1 rings (SSSR count). The summed E-state index contributed by atoms with van der Waals surface area (Å²) in [4.78, 5) is 0. The summed E-state index contributed by atoms with van der Waals surface area (Å²) < 4.78 is 6.13. The molecule has 1 heteroatoms. The van der Waals surface area contributed by atoms with E-state index in [0.29, 0.717) is 6.10 Å². The Kier molecular flexibility index (Phi) is 2.31. The molecule has 0 spiro atoms. The molecule has 0 aliphatic carbocycles. The predicted molar refractivity (Wildman–Crippen MR) is 56.8 cm³/mol. The highest BCUT2D eigenvalue weighted by Crippen LogP contribution is 2.58. The van der Waals surface area contributed by atoms with E-state index in [2.05, 4.69) is 48.5 Å². The van der Waals surface area contributed by atoms with Crippen LogP contribution in [-0.4, -0.2) is 11.7 Å². The molecule has 1 nitrogen and oxygen atoms in total. The molecule has 1 saturated heterocycles. The first-order chi connectivity index (χ1) is 5.69. The maximum Gasteiger partial charge on any atom is 0.0712 e. The van der Waals surface area contributed by atoms with Crippen LogP contribution >= 0.6 is 0 Å². The van der Waals surface area contributed by atoms with Gasteiger partial charge in [-0.3, -0.25) is 0 Å². The zero-order valence-corrected chi connectivity index (χ0v) is 10.2. The fourth-order valence-electron chi connectivity index (χ4n) is 2.40. The lowest BCUT2D eigenvalue weighted by Gasteiger charge is -2.43. The Labute approximate surface area is 82.9 Å². The summed E-state index contributed by atoms with van der Waals surface area (Å²) in [6.07, 6.45) is 1.45. The molecule has 13 heavy (non-hydrogen) atoms. The molecule has 2 atom stereocenters. The molecule has 0 N–H and O–H groups in total. The Bertz CT molecular complexity index is 205. The van der Waals surface area contributed by atoms with Gasteiger partial charge in [-0.25, -0.2) is 0 Å². The van der Waals surface area contributed by atoms with Gasteiger partial charge in [0.1, 0.15) is 0 Å². The quantitative estimate of drug-likeness (QED) is 0.604. The lowest BCUT2D eigenvalue weighted by atomic mass is 9.60. The van der Waals surface area contributed by atoms with E-state index in [9.17, 15) is 0 Å².